The van der Waals surface area contributed by atoms with Gasteiger partial charge in [0.2, 0.25) is 0 Å². The molecule has 136 valence electrons. The van der Waals surface area contributed by atoms with Crippen LogP contribution < -0.4 is 5.32 Å². The molecule has 0 aliphatic rings. The largest absolute Gasteiger partial charge is 0.347 e. The van der Waals surface area contributed by atoms with Crippen molar-refractivity contribution >= 4 is 27.5 Å². The third-order valence-corrected chi connectivity index (χ3v) is 5.43. The fourth-order valence-corrected chi connectivity index (χ4v) is 3.86. The van der Waals surface area contributed by atoms with Crippen molar-refractivity contribution in [2.45, 2.75) is 6.54 Å². The number of rotatable bonds is 4. The first-order chi connectivity index (χ1) is 13.0. The van der Waals surface area contributed by atoms with E-state index in [1.165, 1.54) is 29.5 Å². The Kier molecular flexibility index (Phi) is 4.45. The van der Waals surface area contributed by atoms with Gasteiger partial charge in [-0.1, -0.05) is 24.3 Å². The van der Waals surface area contributed by atoms with Gasteiger partial charge in [-0.05, 0) is 35.9 Å². The molecule has 0 radical (unpaired) electrons. The average molecular weight is 383 g/mol. The number of benzene rings is 2. The van der Waals surface area contributed by atoms with Crippen molar-refractivity contribution in [3.63, 3.8) is 0 Å². The molecule has 0 saturated carbocycles. The first kappa shape index (κ1) is 17.4. The highest BCUT2D eigenvalue weighted by Crippen LogP contribution is 2.34. The van der Waals surface area contributed by atoms with E-state index in [1.807, 2.05) is 0 Å². The summed E-state index contributed by atoms with van der Waals surface area (Å²) in [6.07, 6.45) is 0. The summed E-state index contributed by atoms with van der Waals surface area (Å²) in [5, 5.41) is 7.96. The SMILES string of the molecule is Cn1nc(-c2ccccc2F)c2cc(C(=O)NCc3ccc(F)cc3)sc21. The number of amides is 1. The van der Waals surface area contributed by atoms with Gasteiger partial charge in [0.25, 0.3) is 5.91 Å². The Morgan fingerprint density at radius 1 is 1.15 bits per heavy atom. The quantitative estimate of drug-likeness (QED) is 0.564. The first-order valence-electron chi connectivity index (χ1n) is 8.27. The Balaban J connectivity index is 1.61. The van der Waals surface area contributed by atoms with Crippen molar-refractivity contribution in [1.29, 1.82) is 0 Å². The summed E-state index contributed by atoms with van der Waals surface area (Å²) in [6, 6.07) is 14.1. The lowest BCUT2D eigenvalue weighted by Gasteiger charge is -2.03. The molecular formula is C20H15F2N3OS. The number of hydrogen-bond acceptors (Lipinski definition) is 3. The molecule has 0 atom stereocenters. The van der Waals surface area contributed by atoms with Crippen LogP contribution in [0.25, 0.3) is 21.5 Å². The molecule has 0 saturated heterocycles. The molecule has 2 aromatic heterocycles. The van der Waals surface area contributed by atoms with Gasteiger partial charge in [0, 0.05) is 24.5 Å². The molecule has 4 aromatic rings. The lowest BCUT2D eigenvalue weighted by Crippen LogP contribution is -2.21. The minimum atomic E-state index is -0.356. The van der Waals surface area contributed by atoms with E-state index in [4.69, 9.17) is 0 Å². The van der Waals surface area contributed by atoms with Crippen LogP contribution >= 0.6 is 11.3 Å². The summed E-state index contributed by atoms with van der Waals surface area (Å²) in [6.45, 7) is 0.297. The van der Waals surface area contributed by atoms with E-state index in [0.717, 1.165) is 15.8 Å². The van der Waals surface area contributed by atoms with Crippen molar-refractivity contribution in [2.24, 2.45) is 7.05 Å². The Hall–Kier alpha value is -3.06. The number of fused-ring (bicyclic) bond motifs is 1. The van der Waals surface area contributed by atoms with Crippen LogP contribution in [0, 0.1) is 11.6 Å². The molecule has 1 amide bonds. The van der Waals surface area contributed by atoms with Crippen molar-refractivity contribution in [2.75, 3.05) is 0 Å². The molecule has 4 nitrogen and oxygen atoms in total. The molecule has 0 aliphatic heterocycles. The maximum atomic E-state index is 14.2. The van der Waals surface area contributed by atoms with Gasteiger partial charge in [-0.3, -0.25) is 9.48 Å². The standard InChI is InChI=1S/C20H15F2N3OS/c1-25-20-15(18(24-25)14-4-2-3-5-16(14)22)10-17(27-20)19(26)23-11-12-6-8-13(21)9-7-12/h2-10H,11H2,1H3,(H,23,26). The molecule has 2 aromatic carbocycles. The number of nitrogens with zero attached hydrogens (tertiary/aromatic N) is 2. The van der Waals surface area contributed by atoms with Gasteiger partial charge in [0.05, 0.1) is 4.88 Å². The predicted molar refractivity (Wildman–Crippen MR) is 102 cm³/mol. The van der Waals surface area contributed by atoms with Gasteiger partial charge < -0.3 is 5.32 Å². The summed E-state index contributed by atoms with van der Waals surface area (Å²) in [4.78, 5) is 13.8. The van der Waals surface area contributed by atoms with Gasteiger partial charge in [-0.25, -0.2) is 8.78 Å². The molecule has 2 heterocycles. The third-order valence-electron chi connectivity index (χ3n) is 4.23. The molecule has 27 heavy (non-hydrogen) atoms. The van der Waals surface area contributed by atoms with Gasteiger partial charge in [0.1, 0.15) is 22.2 Å². The van der Waals surface area contributed by atoms with E-state index >= 15 is 0 Å². The van der Waals surface area contributed by atoms with Crippen LogP contribution in [0.5, 0.6) is 0 Å². The highest BCUT2D eigenvalue weighted by atomic mass is 32.1. The molecular weight excluding hydrogens is 368 g/mol. The number of thiophene rings is 1. The molecule has 4 rings (SSSR count). The Morgan fingerprint density at radius 3 is 2.63 bits per heavy atom. The second kappa shape index (κ2) is 6.92. The van der Waals surface area contributed by atoms with Crippen LogP contribution in [-0.4, -0.2) is 15.7 Å². The van der Waals surface area contributed by atoms with Crippen LogP contribution in [0.15, 0.2) is 54.6 Å². The maximum Gasteiger partial charge on any atom is 0.261 e. The Morgan fingerprint density at radius 2 is 1.89 bits per heavy atom. The van der Waals surface area contributed by atoms with E-state index in [9.17, 15) is 13.6 Å². The molecule has 0 unspecified atom stereocenters. The Bertz CT molecular complexity index is 1130. The van der Waals surface area contributed by atoms with Crippen molar-refractivity contribution < 1.29 is 13.6 Å². The highest BCUT2D eigenvalue weighted by molar-refractivity contribution is 7.20. The summed E-state index contributed by atoms with van der Waals surface area (Å²) >= 11 is 1.30. The van der Waals surface area contributed by atoms with Crippen LogP contribution in [-0.2, 0) is 13.6 Å². The minimum Gasteiger partial charge on any atom is -0.347 e. The monoisotopic (exact) mass is 383 g/mol. The second-order valence-electron chi connectivity index (χ2n) is 6.09. The highest BCUT2D eigenvalue weighted by Gasteiger charge is 2.19. The lowest BCUT2D eigenvalue weighted by atomic mass is 10.1. The second-order valence-corrected chi connectivity index (χ2v) is 7.12. The van der Waals surface area contributed by atoms with Crippen molar-refractivity contribution in [1.82, 2.24) is 15.1 Å². The zero-order chi connectivity index (χ0) is 19.0. The lowest BCUT2D eigenvalue weighted by molar-refractivity contribution is 0.0955. The molecule has 0 bridgehead atoms. The third kappa shape index (κ3) is 3.33. The first-order valence-corrected chi connectivity index (χ1v) is 9.08. The van der Waals surface area contributed by atoms with Crippen LogP contribution in [0.1, 0.15) is 15.2 Å². The fourth-order valence-electron chi connectivity index (χ4n) is 2.88. The number of aryl methyl sites for hydroxylation is 1. The predicted octanol–water partition coefficient (Wildman–Crippen LogP) is 4.51. The van der Waals surface area contributed by atoms with Crippen molar-refractivity contribution in [3.8, 4) is 11.3 Å². The van der Waals surface area contributed by atoms with Gasteiger partial charge >= 0.3 is 0 Å². The van der Waals surface area contributed by atoms with E-state index in [2.05, 4.69) is 10.4 Å². The van der Waals surface area contributed by atoms with E-state index < -0.39 is 0 Å². The molecule has 1 N–H and O–H groups in total. The van der Waals surface area contributed by atoms with Gasteiger partial charge in [0.15, 0.2) is 0 Å². The number of nitrogens with one attached hydrogen (secondary N) is 1. The Labute approximate surface area is 158 Å². The van der Waals surface area contributed by atoms with Crippen LogP contribution in [0.4, 0.5) is 8.78 Å². The molecule has 7 heteroatoms. The maximum absolute atomic E-state index is 14.2. The van der Waals surface area contributed by atoms with E-state index in [-0.39, 0.29) is 17.5 Å². The summed E-state index contributed by atoms with van der Waals surface area (Å²) in [7, 11) is 1.77. The van der Waals surface area contributed by atoms with Crippen molar-refractivity contribution in [3.05, 3.63) is 76.7 Å². The fraction of sp³-hybridized carbons (Fsp3) is 0.100. The number of halogens is 2. The minimum absolute atomic E-state index is 0.236. The zero-order valence-electron chi connectivity index (χ0n) is 14.4. The van der Waals surface area contributed by atoms with E-state index in [1.54, 1.807) is 48.1 Å². The summed E-state index contributed by atoms with van der Waals surface area (Å²) in [5.74, 6) is -0.909. The molecule has 0 fully saturated rings. The average Bonchev–Trinajstić information content (AvgIpc) is 3.22. The van der Waals surface area contributed by atoms with Gasteiger partial charge in [-0.2, -0.15) is 5.10 Å². The molecule has 0 spiro atoms. The zero-order valence-corrected chi connectivity index (χ0v) is 15.2. The number of hydrogen-bond donors (Lipinski definition) is 1. The number of carbonyl (C=O) groups is 1. The summed E-state index contributed by atoms with van der Waals surface area (Å²) < 4.78 is 28.8. The topological polar surface area (TPSA) is 46.9 Å². The summed E-state index contributed by atoms with van der Waals surface area (Å²) in [5.41, 5.74) is 1.72. The van der Waals surface area contributed by atoms with Crippen LogP contribution in [0.3, 0.4) is 0 Å². The number of aromatic nitrogens is 2. The number of carbonyl (C=O) groups excluding carboxylic acids is 1. The van der Waals surface area contributed by atoms with Crippen LogP contribution in [0.2, 0.25) is 0 Å². The molecule has 0 aliphatic carbocycles. The van der Waals surface area contributed by atoms with E-state index in [0.29, 0.717) is 22.7 Å². The normalized spacial score (nSPS) is 11.1. The smallest absolute Gasteiger partial charge is 0.261 e. The van der Waals surface area contributed by atoms with Gasteiger partial charge in [-0.15, -0.1) is 11.3 Å².